The molecule has 1 N–H and O–H groups in total. The molecule has 72 valence electrons. The van der Waals surface area contributed by atoms with E-state index < -0.39 is 12.5 Å². The van der Waals surface area contributed by atoms with Crippen molar-refractivity contribution in [3.63, 3.8) is 0 Å². The fourth-order valence-electron chi connectivity index (χ4n) is 0.833. The topological polar surface area (TPSA) is 21.3 Å². The van der Waals surface area contributed by atoms with Gasteiger partial charge >= 0.3 is 0 Å². The molecular formula is C8H15F2NO. The van der Waals surface area contributed by atoms with Gasteiger partial charge in [-0.25, -0.2) is 8.78 Å². The van der Waals surface area contributed by atoms with Crippen LogP contribution in [0, 0.1) is 0 Å². The molecule has 0 amide bonds. The van der Waals surface area contributed by atoms with Crippen LogP contribution in [-0.4, -0.2) is 31.7 Å². The van der Waals surface area contributed by atoms with Crippen LogP contribution in [-0.2, 0) is 4.74 Å². The van der Waals surface area contributed by atoms with E-state index in [1.54, 1.807) is 6.92 Å². The number of alkyl halides is 2. The molecule has 0 aromatic heterocycles. The summed E-state index contributed by atoms with van der Waals surface area (Å²) in [6.45, 7) is 1.65. The molecule has 1 aliphatic rings. The van der Waals surface area contributed by atoms with Crippen LogP contribution in [0.1, 0.15) is 19.8 Å². The highest BCUT2D eigenvalue weighted by Crippen LogP contribution is 2.25. The molecule has 1 saturated carbocycles. The van der Waals surface area contributed by atoms with Crippen LogP contribution >= 0.6 is 0 Å². The Kier molecular flexibility index (Phi) is 3.40. The quantitative estimate of drug-likeness (QED) is 0.665. The van der Waals surface area contributed by atoms with E-state index in [0.717, 1.165) is 12.8 Å². The zero-order valence-electron chi connectivity index (χ0n) is 7.28. The summed E-state index contributed by atoms with van der Waals surface area (Å²) < 4.78 is 30.5. The molecule has 0 atom stereocenters. The van der Waals surface area contributed by atoms with Gasteiger partial charge in [0.15, 0.2) is 0 Å². The van der Waals surface area contributed by atoms with Crippen LogP contribution in [0.5, 0.6) is 0 Å². The summed E-state index contributed by atoms with van der Waals surface area (Å²) in [5.74, 6) is -2.71. The molecule has 0 aliphatic heterocycles. The van der Waals surface area contributed by atoms with Gasteiger partial charge in [0.1, 0.15) is 6.61 Å². The van der Waals surface area contributed by atoms with Gasteiger partial charge in [0.2, 0.25) is 0 Å². The Labute approximate surface area is 71.3 Å². The standard InChI is InChI=1S/C8H15F2NO/c1-2-11-5-8(9,10)6-12-7-3-4-7/h7,11H,2-6H2,1H3. The average Bonchev–Trinajstić information content (AvgIpc) is 2.81. The number of hydrogen-bond donors (Lipinski definition) is 1. The molecule has 4 heteroatoms. The molecule has 0 saturated heterocycles. The maximum Gasteiger partial charge on any atom is 0.283 e. The summed E-state index contributed by atoms with van der Waals surface area (Å²) in [6, 6.07) is 0. The van der Waals surface area contributed by atoms with Crippen molar-refractivity contribution in [2.75, 3.05) is 19.7 Å². The first kappa shape index (κ1) is 9.86. The van der Waals surface area contributed by atoms with Crippen LogP contribution in [0.2, 0.25) is 0 Å². The van der Waals surface area contributed by atoms with E-state index in [9.17, 15) is 8.78 Å². The van der Waals surface area contributed by atoms with Gasteiger partial charge in [-0.2, -0.15) is 0 Å². The largest absolute Gasteiger partial charge is 0.372 e. The van der Waals surface area contributed by atoms with Crippen molar-refractivity contribution in [3.05, 3.63) is 0 Å². The summed E-state index contributed by atoms with van der Waals surface area (Å²) in [5, 5.41) is 2.60. The second-order valence-corrected chi connectivity index (χ2v) is 3.15. The minimum absolute atomic E-state index is 0.109. The summed E-state index contributed by atoms with van der Waals surface area (Å²) in [7, 11) is 0. The van der Waals surface area contributed by atoms with Crippen LogP contribution < -0.4 is 5.32 Å². The zero-order valence-corrected chi connectivity index (χ0v) is 7.28. The van der Waals surface area contributed by atoms with Crippen molar-refractivity contribution >= 4 is 0 Å². The molecule has 0 radical (unpaired) electrons. The maximum absolute atomic E-state index is 12.8. The predicted molar refractivity (Wildman–Crippen MR) is 42.5 cm³/mol. The number of hydrogen-bond acceptors (Lipinski definition) is 2. The number of rotatable bonds is 6. The Morgan fingerprint density at radius 3 is 2.67 bits per heavy atom. The molecule has 0 aromatic rings. The Balaban J connectivity index is 2.07. The fraction of sp³-hybridized carbons (Fsp3) is 1.00. The van der Waals surface area contributed by atoms with Crippen LogP contribution in [0.3, 0.4) is 0 Å². The van der Waals surface area contributed by atoms with Gasteiger partial charge in [0.25, 0.3) is 5.92 Å². The van der Waals surface area contributed by atoms with Crippen molar-refractivity contribution in [3.8, 4) is 0 Å². The summed E-state index contributed by atoms with van der Waals surface area (Å²) in [4.78, 5) is 0. The molecule has 0 unspecified atom stereocenters. The number of halogens is 2. The molecule has 0 aromatic carbocycles. The van der Waals surface area contributed by atoms with Gasteiger partial charge in [-0.1, -0.05) is 6.92 Å². The molecular weight excluding hydrogens is 164 g/mol. The van der Waals surface area contributed by atoms with Crippen molar-refractivity contribution in [2.45, 2.75) is 31.8 Å². The van der Waals surface area contributed by atoms with Crippen molar-refractivity contribution in [2.24, 2.45) is 0 Å². The lowest BCUT2D eigenvalue weighted by atomic mass is 10.3. The Bertz CT molecular complexity index is 137. The van der Waals surface area contributed by atoms with Crippen LogP contribution in [0.4, 0.5) is 8.78 Å². The van der Waals surface area contributed by atoms with E-state index in [-0.39, 0.29) is 12.6 Å². The first-order chi connectivity index (χ1) is 5.64. The molecule has 1 aliphatic carbocycles. The van der Waals surface area contributed by atoms with E-state index in [2.05, 4.69) is 5.32 Å². The highest BCUT2D eigenvalue weighted by atomic mass is 19.3. The zero-order chi connectivity index (χ0) is 9.03. The van der Waals surface area contributed by atoms with Gasteiger partial charge in [-0.15, -0.1) is 0 Å². The van der Waals surface area contributed by atoms with Gasteiger partial charge in [0, 0.05) is 0 Å². The lowest BCUT2D eigenvalue weighted by Crippen LogP contribution is -2.36. The molecule has 1 fully saturated rings. The van der Waals surface area contributed by atoms with E-state index in [0.29, 0.717) is 6.54 Å². The summed E-state index contributed by atoms with van der Waals surface area (Å²) in [6.07, 6.45) is 1.99. The Hall–Kier alpha value is -0.220. The summed E-state index contributed by atoms with van der Waals surface area (Å²) in [5.41, 5.74) is 0. The van der Waals surface area contributed by atoms with Gasteiger partial charge < -0.3 is 10.1 Å². The van der Waals surface area contributed by atoms with Crippen LogP contribution in [0.25, 0.3) is 0 Å². The second-order valence-electron chi connectivity index (χ2n) is 3.15. The van der Waals surface area contributed by atoms with Gasteiger partial charge in [-0.05, 0) is 19.4 Å². The van der Waals surface area contributed by atoms with E-state index in [4.69, 9.17) is 4.74 Å². The maximum atomic E-state index is 12.8. The lowest BCUT2D eigenvalue weighted by Gasteiger charge is -2.16. The molecule has 0 bridgehead atoms. The molecule has 2 nitrogen and oxygen atoms in total. The second kappa shape index (κ2) is 4.14. The smallest absolute Gasteiger partial charge is 0.283 e. The van der Waals surface area contributed by atoms with Crippen molar-refractivity contribution in [1.29, 1.82) is 0 Å². The lowest BCUT2D eigenvalue weighted by molar-refractivity contribution is -0.0790. The third kappa shape index (κ3) is 3.97. The van der Waals surface area contributed by atoms with Crippen molar-refractivity contribution < 1.29 is 13.5 Å². The Morgan fingerprint density at radius 1 is 1.50 bits per heavy atom. The average molecular weight is 179 g/mol. The molecule has 1 rings (SSSR count). The highest BCUT2D eigenvalue weighted by Gasteiger charge is 2.32. The van der Waals surface area contributed by atoms with Crippen LogP contribution in [0.15, 0.2) is 0 Å². The minimum atomic E-state index is -2.71. The van der Waals surface area contributed by atoms with E-state index in [1.807, 2.05) is 0 Å². The third-order valence-electron chi connectivity index (χ3n) is 1.69. The van der Waals surface area contributed by atoms with Crippen molar-refractivity contribution in [1.82, 2.24) is 5.32 Å². The summed E-state index contributed by atoms with van der Waals surface area (Å²) >= 11 is 0. The SMILES string of the molecule is CCNCC(F)(F)COC1CC1. The van der Waals surface area contributed by atoms with E-state index in [1.165, 1.54) is 0 Å². The number of ether oxygens (including phenoxy) is 1. The first-order valence-electron chi connectivity index (χ1n) is 4.34. The third-order valence-corrected chi connectivity index (χ3v) is 1.69. The minimum Gasteiger partial charge on any atom is -0.372 e. The highest BCUT2D eigenvalue weighted by molar-refractivity contribution is 4.76. The van der Waals surface area contributed by atoms with E-state index >= 15 is 0 Å². The fourth-order valence-corrected chi connectivity index (χ4v) is 0.833. The predicted octanol–water partition coefficient (Wildman–Crippen LogP) is 1.41. The number of nitrogens with one attached hydrogen (secondary N) is 1. The molecule has 0 heterocycles. The van der Waals surface area contributed by atoms with Gasteiger partial charge in [0.05, 0.1) is 12.6 Å². The Morgan fingerprint density at radius 2 is 2.17 bits per heavy atom. The molecule has 12 heavy (non-hydrogen) atoms. The normalized spacial score (nSPS) is 18.2. The monoisotopic (exact) mass is 179 g/mol. The molecule has 0 spiro atoms. The first-order valence-corrected chi connectivity index (χ1v) is 4.34. The van der Waals surface area contributed by atoms with Gasteiger partial charge in [-0.3, -0.25) is 0 Å².